The van der Waals surface area contributed by atoms with Gasteiger partial charge in [-0.05, 0) is 43.2 Å². The van der Waals surface area contributed by atoms with Gasteiger partial charge in [0.2, 0.25) is 0 Å². The molecule has 1 aliphatic rings. The summed E-state index contributed by atoms with van der Waals surface area (Å²) in [6.07, 6.45) is 3.42. The van der Waals surface area contributed by atoms with Crippen molar-refractivity contribution in [2.45, 2.75) is 26.3 Å². The second kappa shape index (κ2) is 6.76. The normalized spacial score (nSPS) is 16.3. The molecule has 0 spiro atoms. The number of aliphatic carboxylic acids is 1. The van der Waals surface area contributed by atoms with Gasteiger partial charge in [-0.25, -0.2) is 4.79 Å². The maximum atomic E-state index is 13.0. The Morgan fingerprint density at radius 1 is 1.36 bits per heavy atom. The van der Waals surface area contributed by atoms with E-state index in [2.05, 4.69) is 4.98 Å². The number of carboxylic acids is 1. The van der Waals surface area contributed by atoms with Crippen LogP contribution in [0.15, 0.2) is 48.4 Å². The largest absolute Gasteiger partial charge is 0.480 e. The summed E-state index contributed by atoms with van der Waals surface area (Å²) in [4.78, 5) is 30.1. The van der Waals surface area contributed by atoms with E-state index >= 15 is 0 Å². The quantitative estimate of drug-likeness (QED) is 0.867. The van der Waals surface area contributed by atoms with E-state index in [9.17, 15) is 14.7 Å². The van der Waals surface area contributed by atoms with Crippen LogP contribution in [-0.4, -0.2) is 28.0 Å². The number of carbonyl (C=O) groups excluding carboxylic acids is 1. The molecule has 0 fully saturated rings. The molecule has 6 heteroatoms. The summed E-state index contributed by atoms with van der Waals surface area (Å²) in [5.41, 5.74) is 1.94. The highest BCUT2D eigenvalue weighted by Gasteiger charge is 2.37. The monoisotopic (exact) mass is 338 g/mol. The molecule has 0 aliphatic carbocycles. The Hall–Kier alpha value is -3.15. The molecule has 25 heavy (non-hydrogen) atoms. The lowest BCUT2D eigenvalue weighted by Gasteiger charge is -2.34. The number of nitrogens with zero attached hydrogens (tertiary/aromatic N) is 2. The third kappa shape index (κ3) is 3.24. The van der Waals surface area contributed by atoms with Gasteiger partial charge in [0, 0.05) is 12.3 Å². The first kappa shape index (κ1) is 16.7. The number of benzene rings is 1. The van der Waals surface area contributed by atoms with Crippen LogP contribution in [0.2, 0.25) is 0 Å². The molecule has 1 aromatic carbocycles. The number of anilines is 1. The molecular weight excluding hydrogens is 320 g/mol. The standard InChI is InChI=1S/C19H18N2O4/c1-3-14(19(23)24)21-15-10-12(2)7-8-16(15)25-17(18(21)22)11-13-6-4-5-9-20-13/h4-11,14H,3H2,1-2H3,(H,23,24)/b17-11+. The highest BCUT2D eigenvalue weighted by atomic mass is 16.5. The summed E-state index contributed by atoms with van der Waals surface area (Å²) >= 11 is 0. The topological polar surface area (TPSA) is 79.7 Å². The maximum Gasteiger partial charge on any atom is 0.326 e. The van der Waals surface area contributed by atoms with E-state index in [-0.39, 0.29) is 12.2 Å². The minimum atomic E-state index is -1.05. The number of aryl methyl sites for hydroxylation is 1. The molecule has 0 bridgehead atoms. The van der Waals surface area contributed by atoms with Gasteiger partial charge in [-0.15, -0.1) is 0 Å². The number of rotatable bonds is 4. The minimum absolute atomic E-state index is 0.0507. The molecule has 1 amide bonds. The van der Waals surface area contributed by atoms with Crippen molar-refractivity contribution in [1.82, 2.24) is 4.98 Å². The lowest BCUT2D eigenvalue weighted by Crippen LogP contribution is -2.48. The third-order valence-corrected chi connectivity index (χ3v) is 3.97. The van der Waals surface area contributed by atoms with Crippen LogP contribution in [0.3, 0.4) is 0 Å². The molecule has 128 valence electrons. The van der Waals surface area contributed by atoms with Crippen molar-refractivity contribution in [2.75, 3.05) is 4.90 Å². The molecule has 1 unspecified atom stereocenters. The third-order valence-electron chi connectivity index (χ3n) is 3.97. The van der Waals surface area contributed by atoms with E-state index in [1.807, 2.05) is 13.0 Å². The van der Waals surface area contributed by atoms with Gasteiger partial charge in [0.25, 0.3) is 5.91 Å². The van der Waals surface area contributed by atoms with Crippen molar-refractivity contribution in [3.05, 3.63) is 59.6 Å². The summed E-state index contributed by atoms with van der Waals surface area (Å²) < 4.78 is 5.74. The number of hydrogen-bond donors (Lipinski definition) is 1. The smallest absolute Gasteiger partial charge is 0.326 e. The van der Waals surface area contributed by atoms with Crippen molar-refractivity contribution >= 4 is 23.6 Å². The predicted molar refractivity (Wildman–Crippen MR) is 93.2 cm³/mol. The Morgan fingerprint density at radius 2 is 2.16 bits per heavy atom. The van der Waals surface area contributed by atoms with Gasteiger partial charge in [0.05, 0.1) is 11.4 Å². The first-order chi connectivity index (χ1) is 12.0. The van der Waals surface area contributed by atoms with Gasteiger partial charge >= 0.3 is 5.97 Å². The van der Waals surface area contributed by atoms with Crippen LogP contribution in [0, 0.1) is 6.92 Å². The lowest BCUT2D eigenvalue weighted by molar-refractivity contribution is -0.140. The zero-order chi connectivity index (χ0) is 18.0. The highest BCUT2D eigenvalue weighted by Crippen LogP contribution is 2.38. The predicted octanol–water partition coefficient (Wildman–Crippen LogP) is 3.02. The average molecular weight is 338 g/mol. The molecule has 2 aromatic rings. The fraction of sp³-hybridized carbons (Fsp3) is 0.211. The Bertz CT molecular complexity index is 846. The van der Waals surface area contributed by atoms with Gasteiger partial charge in [-0.3, -0.25) is 14.7 Å². The molecule has 0 radical (unpaired) electrons. The fourth-order valence-corrected chi connectivity index (χ4v) is 2.76. The Balaban J connectivity index is 2.12. The number of ether oxygens (including phenoxy) is 1. The Kier molecular flexibility index (Phi) is 4.52. The molecule has 2 heterocycles. The fourth-order valence-electron chi connectivity index (χ4n) is 2.76. The molecule has 1 aromatic heterocycles. The van der Waals surface area contributed by atoms with Gasteiger partial charge in [0.1, 0.15) is 6.04 Å². The number of amides is 1. The summed E-state index contributed by atoms with van der Waals surface area (Å²) in [7, 11) is 0. The summed E-state index contributed by atoms with van der Waals surface area (Å²) in [5, 5.41) is 9.55. The van der Waals surface area contributed by atoms with Crippen molar-refractivity contribution in [3.63, 3.8) is 0 Å². The minimum Gasteiger partial charge on any atom is -0.480 e. The Morgan fingerprint density at radius 3 is 2.80 bits per heavy atom. The maximum absolute atomic E-state index is 13.0. The number of fused-ring (bicyclic) bond motifs is 1. The van der Waals surface area contributed by atoms with Crippen LogP contribution < -0.4 is 9.64 Å². The van der Waals surface area contributed by atoms with Crippen LogP contribution in [0.5, 0.6) is 5.75 Å². The highest BCUT2D eigenvalue weighted by molar-refractivity contribution is 6.12. The van der Waals surface area contributed by atoms with E-state index in [0.29, 0.717) is 17.1 Å². The van der Waals surface area contributed by atoms with E-state index in [1.54, 1.807) is 43.5 Å². The lowest BCUT2D eigenvalue weighted by atomic mass is 10.1. The van der Waals surface area contributed by atoms with Crippen LogP contribution in [0.25, 0.3) is 6.08 Å². The van der Waals surface area contributed by atoms with Crippen LogP contribution >= 0.6 is 0 Å². The molecule has 1 atom stereocenters. The van der Waals surface area contributed by atoms with Gasteiger partial charge in [-0.1, -0.05) is 19.1 Å². The van der Waals surface area contributed by atoms with Crippen LogP contribution in [-0.2, 0) is 9.59 Å². The zero-order valence-corrected chi connectivity index (χ0v) is 14.0. The molecule has 6 nitrogen and oxygen atoms in total. The number of carbonyl (C=O) groups is 2. The molecule has 1 aliphatic heterocycles. The van der Waals surface area contributed by atoms with E-state index < -0.39 is 17.9 Å². The van der Waals surface area contributed by atoms with Crippen molar-refractivity contribution < 1.29 is 19.4 Å². The van der Waals surface area contributed by atoms with Gasteiger partial charge in [-0.2, -0.15) is 0 Å². The average Bonchev–Trinajstić information content (AvgIpc) is 2.59. The second-order valence-electron chi connectivity index (χ2n) is 5.77. The van der Waals surface area contributed by atoms with Crippen LogP contribution in [0.4, 0.5) is 5.69 Å². The van der Waals surface area contributed by atoms with Gasteiger partial charge < -0.3 is 9.84 Å². The van der Waals surface area contributed by atoms with E-state index in [0.717, 1.165) is 5.56 Å². The molecule has 3 rings (SSSR count). The van der Waals surface area contributed by atoms with Crippen molar-refractivity contribution in [1.29, 1.82) is 0 Å². The SMILES string of the molecule is CCC(C(=O)O)N1C(=O)/C(=C\c2ccccn2)Oc2ccc(C)cc21. The Labute approximate surface area is 145 Å². The number of pyridine rings is 1. The van der Waals surface area contributed by atoms with Crippen molar-refractivity contribution in [3.8, 4) is 5.75 Å². The number of aromatic nitrogens is 1. The van der Waals surface area contributed by atoms with E-state index in [4.69, 9.17) is 4.74 Å². The number of carboxylic acid groups (broad SMARTS) is 1. The molecule has 1 N–H and O–H groups in total. The molecular formula is C19H18N2O4. The molecule has 0 saturated carbocycles. The van der Waals surface area contributed by atoms with Crippen LogP contribution in [0.1, 0.15) is 24.6 Å². The zero-order valence-electron chi connectivity index (χ0n) is 14.0. The van der Waals surface area contributed by atoms with E-state index in [1.165, 1.54) is 11.0 Å². The summed E-state index contributed by atoms with van der Waals surface area (Å²) in [5.74, 6) is -1.04. The van der Waals surface area contributed by atoms with Gasteiger partial charge in [0.15, 0.2) is 11.5 Å². The van der Waals surface area contributed by atoms with Crippen molar-refractivity contribution in [2.24, 2.45) is 0 Å². The molecule has 0 saturated heterocycles. The second-order valence-corrected chi connectivity index (χ2v) is 5.77. The first-order valence-electron chi connectivity index (χ1n) is 7.99. The summed E-state index contributed by atoms with van der Waals surface area (Å²) in [6, 6.07) is 9.70. The number of hydrogen-bond acceptors (Lipinski definition) is 4. The first-order valence-corrected chi connectivity index (χ1v) is 7.99. The summed E-state index contributed by atoms with van der Waals surface area (Å²) in [6.45, 7) is 3.61.